The number of rotatable bonds is 9. The largest absolute Gasteiger partial charge is 0.354 e. The van der Waals surface area contributed by atoms with Crippen LogP contribution in [0.4, 0.5) is 0 Å². The fourth-order valence-corrected chi connectivity index (χ4v) is 2.95. The highest BCUT2D eigenvalue weighted by Gasteiger charge is 2.16. The summed E-state index contributed by atoms with van der Waals surface area (Å²) in [5.74, 6) is -0.124. The Morgan fingerprint density at radius 2 is 1.73 bits per heavy atom. The second-order valence-corrected chi connectivity index (χ2v) is 6.59. The Bertz CT molecular complexity index is 749. The molecule has 0 saturated heterocycles. The zero-order chi connectivity index (χ0) is 19.1. The van der Waals surface area contributed by atoms with E-state index >= 15 is 0 Å². The lowest BCUT2D eigenvalue weighted by molar-refractivity contribution is -0.120. The van der Waals surface area contributed by atoms with Crippen LogP contribution in [0.25, 0.3) is 0 Å². The van der Waals surface area contributed by atoms with E-state index in [-0.39, 0.29) is 18.1 Å². The van der Waals surface area contributed by atoms with Crippen molar-refractivity contribution in [2.24, 2.45) is 7.05 Å². The Hall–Kier alpha value is -2.11. The van der Waals surface area contributed by atoms with Gasteiger partial charge in [0.15, 0.2) is 0 Å². The van der Waals surface area contributed by atoms with Crippen molar-refractivity contribution in [3.05, 3.63) is 58.4 Å². The standard InChI is InChI=1S/C20H26ClN3O2/c1-4-24(5-2)13-12-22-19(25)14-17-10-11-18(23(17)3)20(26)15-6-8-16(21)9-7-15/h6-11H,4-5,12-14H2,1-3H3,(H,22,25). The maximum Gasteiger partial charge on any atom is 0.225 e. The number of hydrogen-bond donors (Lipinski definition) is 1. The van der Waals surface area contributed by atoms with Crippen molar-refractivity contribution >= 4 is 23.3 Å². The molecule has 1 aromatic heterocycles. The number of amides is 1. The second kappa shape index (κ2) is 9.55. The van der Waals surface area contributed by atoms with Crippen LogP contribution in [0.3, 0.4) is 0 Å². The Morgan fingerprint density at radius 3 is 2.35 bits per heavy atom. The molecule has 1 N–H and O–H groups in total. The predicted molar refractivity (Wildman–Crippen MR) is 105 cm³/mol. The molecular weight excluding hydrogens is 350 g/mol. The number of carbonyl (C=O) groups excluding carboxylic acids is 2. The Kier molecular flexibility index (Phi) is 7.42. The van der Waals surface area contributed by atoms with Crippen LogP contribution >= 0.6 is 11.6 Å². The van der Waals surface area contributed by atoms with Gasteiger partial charge in [-0.15, -0.1) is 0 Å². The topological polar surface area (TPSA) is 54.3 Å². The van der Waals surface area contributed by atoms with Crippen molar-refractivity contribution in [2.75, 3.05) is 26.2 Å². The number of halogens is 1. The van der Waals surface area contributed by atoms with Crippen LogP contribution in [0.15, 0.2) is 36.4 Å². The van der Waals surface area contributed by atoms with Gasteiger partial charge in [0.05, 0.1) is 12.1 Å². The molecule has 0 aliphatic heterocycles. The molecule has 2 aromatic rings. The molecule has 0 spiro atoms. The Labute approximate surface area is 159 Å². The van der Waals surface area contributed by atoms with E-state index < -0.39 is 0 Å². The minimum Gasteiger partial charge on any atom is -0.354 e. The molecule has 0 aliphatic rings. The van der Waals surface area contributed by atoms with Crippen molar-refractivity contribution in [1.29, 1.82) is 0 Å². The van der Waals surface area contributed by atoms with E-state index in [0.717, 1.165) is 25.3 Å². The lowest BCUT2D eigenvalue weighted by atomic mass is 10.1. The smallest absolute Gasteiger partial charge is 0.225 e. The van der Waals surface area contributed by atoms with Gasteiger partial charge >= 0.3 is 0 Å². The quantitative estimate of drug-likeness (QED) is 0.685. The zero-order valence-corrected chi connectivity index (χ0v) is 16.3. The number of likely N-dealkylation sites (N-methyl/N-ethyl adjacent to an activating group) is 1. The number of carbonyl (C=O) groups is 2. The molecule has 0 saturated carbocycles. The normalized spacial score (nSPS) is 11.0. The first kappa shape index (κ1) is 20.2. The van der Waals surface area contributed by atoms with E-state index in [9.17, 15) is 9.59 Å². The molecule has 5 nitrogen and oxygen atoms in total. The van der Waals surface area contributed by atoms with E-state index in [0.29, 0.717) is 22.8 Å². The first-order valence-electron chi connectivity index (χ1n) is 8.90. The third-order valence-electron chi connectivity index (χ3n) is 4.55. The van der Waals surface area contributed by atoms with Crippen molar-refractivity contribution in [2.45, 2.75) is 20.3 Å². The average Bonchev–Trinajstić information content (AvgIpc) is 2.99. The van der Waals surface area contributed by atoms with E-state index in [1.807, 2.05) is 13.1 Å². The van der Waals surface area contributed by atoms with Crippen LogP contribution in [0.5, 0.6) is 0 Å². The third kappa shape index (κ3) is 5.19. The van der Waals surface area contributed by atoms with Crippen LogP contribution < -0.4 is 5.32 Å². The van der Waals surface area contributed by atoms with Gasteiger partial charge in [-0.2, -0.15) is 0 Å². The fourth-order valence-electron chi connectivity index (χ4n) is 2.83. The summed E-state index contributed by atoms with van der Waals surface area (Å²) < 4.78 is 1.78. The second-order valence-electron chi connectivity index (χ2n) is 6.16. The number of nitrogens with zero attached hydrogens (tertiary/aromatic N) is 2. The number of ketones is 1. The molecule has 1 aromatic carbocycles. The van der Waals surface area contributed by atoms with Crippen LogP contribution in [0.2, 0.25) is 5.02 Å². The van der Waals surface area contributed by atoms with E-state index in [1.54, 1.807) is 34.9 Å². The monoisotopic (exact) mass is 375 g/mol. The summed E-state index contributed by atoms with van der Waals surface area (Å²) in [4.78, 5) is 27.0. The highest BCUT2D eigenvalue weighted by molar-refractivity contribution is 6.30. The number of aromatic nitrogens is 1. The summed E-state index contributed by atoms with van der Waals surface area (Å²) in [5.41, 5.74) is 1.94. The first-order chi connectivity index (χ1) is 12.5. The molecule has 0 atom stereocenters. The molecule has 0 aliphatic carbocycles. The minimum atomic E-state index is -0.0858. The SMILES string of the molecule is CCN(CC)CCNC(=O)Cc1ccc(C(=O)c2ccc(Cl)cc2)n1C. The van der Waals surface area contributed by atoms with Crippen molar-refractivity contribution in [1.82, 2.24) is 14.8 Å². The molecule has 140 valence electrons. The minimum absolute atomic E-state index is 0.0381. The Balaban J connectivity index is 1.96. The first-order valence-corrected chi connectivity index (χ1v) is 9.28. The number of hydrogen-bond acceptors (Lipinski definition) is 3. The molecule has 0 radical (unpaired) electrons. The molecule has 1 amide bonds. The predicted octanol–water partition coefficient (Wildman–Crippen LogP) is 2.91. The van der Waals surface area contributed by atoms with Gasteiger partial charge in [0.25, 0.3) is 0 Å². The molecule has 26 heavy (non-hydrogen) atoms. The van der Waals surface area contributed by atoms with Gasteiger partial charge in [-0.1, -0.05) is 25.4 Å². The summed E-state index contributed by atoms with van der Waals surface area (Å²) in [5, 5.41) is 3.53. The molecule has 1 heterocycles. The summed E-state index contributed by atoms with van der Waals surface area (Å²) in [6.45, 7) is 7.62. The van der Waals surface area contributed by atoms with Gasteiger partial charge in [0.1, 0.15) is 0 Å². The lowest BCUT2D eigenvalue weighted by Crippen LogP contribution is -2.35. The average molecular weight is 376 g/mol. The highest BCUT2D eigenvalue weighted by Crippen LogP contribution is 2.16. The van der Waals surface area contributed by atoms with Crippen molar-refractivity contribution < 1.29 is 9.59 Å². The van der Waals surface area contributed by atoms with E-state index in [2.05, 4.69) is 24.1 Å². The van der Waals surface area contributed by atoms with Crippen LogP contribution in [0.1, 0.15) is 35.6 Å². The Morgan fingerprint density at radius 1 is 1.08 bits per heavy atom. The molecule has 0 bridgehead atoms. The van der Waals surface area contributed by atoms with E-state index in [1.165, 1.54) is 0 Å². The number of benzene rings is 1. The lowest BCUT2D eigenvalue weighted by Gasteiger charge is -2.18. The van der Waals surface area contributed by atoms with Crippen LogP contribution in [0, 0.1) is 0 Å². The molecule has 6 heteroatoms. The van der Waals surface area contributed by atoms with Gasteiger partial charge < -0.3 is 14.8 Å². The van der Waals surface area contributed by atoms with Crippen LogP contribution in [-0.2, 0) is 18.3 Å². The summed E-state index contributed by atoms with van der Waals surface area (Å²) in [6, 6.07) is 10.4. The van der Waals surface area contributed by atoms with Crippen LogP contribution in [-0.4, -0.2) is 47.3 Å². The highest BCUT2D eigenvalue weighted by atomic mass is 35.5. The molecule has 0 unspecified atom stereocenters. The van der Waals surface area contributed by atoms with Crippen molar-refractivity contribution in [3.8, 4) is 0 Å². The van der Waals surface area contributed by atoms with Gasteiger partial charge in [0, 0.05) is 36.4 Å². The van der Waals surface area contributed by atoms with E-state index in [4.69, 9.17) is 11.6 Å². The molecule has 0 fully saturated rings. The van der Waals surface area contributed by atoms with Gasteiger partial charge in [-0.05, 0) is 49.5 Å². The fraction of sp³-hybridized carbons (Fsp3) is 0.400. The maximum atomic E-state index is 12.6. The summed E-state index contributed by atoms with van der Waals surface area (Å²) >= 11 is 5.87. The summed E-state index contributed by atoms with van der Waals surface area (Å²) in [7, 11) is 1.81. The van der Waals surface area contributed by atoms with Gasteiger partial charge in [-0.25, -0.2) is 0 Å². The van der Waals surface area contributed by atoms with Gasteiger partial charge in [-0.3, -0.25) is 9.59 Å². The summed E-state index contributed by atoms with van der Waals surface area (Å²) in [6.07, 6.45) is 0.253. The zero-order valence-electron chi connectivity index (χ0n) is 15.6. The number of nitrogens with one attached hydrogen (secondary N) is 1. The van der Waals surface area contributed by atoms with Gasteiger partial charge in [0.2, 0.25) is 11.7 Å². The van der Waals surface area contributed by atoms with Crippen molar-refractivity contribution in [3.63, 3.8) is 0 Å². The maximum absolute atomic E-state index is 12.6. The molecular formula is C20H26ClN3O2. The third-order valence-corrected chi connectivity index (χ3v) is 4.80. The molecule has 2 rings (SSSR count).